The summed E-state index contributed by atoms with van der Waals surface area (Å²) in [6, 6.07) is 27.7. The lowest BCUT2D eigenvalue weighted by atomic mass is 10.0. The number of carbonyl (C=O) groups excluding carboxylic acids is 2. The predicted octanol–water partition coefficient (Wildman–Crippen LogP) is 5.97. The van der Waals surface area contributed by atoms with Crippen molar-refractivity contribution >= 4 is 50.7 Å². The minimum atomic E-state index is -4.22. The number of likely N-dealkylation sites (N-methyl/N-ethyl adjacent to an activating group) is 1. The van der Waals surface area contributed by atoms with Crippen LogP contribution in [0.1, 0.15) is 18.1 Å². The highest BCUT2D eigenvalue weighted by Crippen LogP contribution is 2.27. The number of amides is 2. The molecule has 0 saturated carbocycles. The highest BCUT2D eigenvalue weighted by Gasteiger charge is 2.34. The first kappa shape index (κ1) is 32.9. The van der Waals surface area contributed by atoms with Gasteiger partial charge in [-0.15, -0.1) is 0 Å². The summed E-state index contributed by atoms with van der Waals surface area (Å²) in [5.74, 6) is -0.460. The van der Waals surface area contributed by atoms with Gasteiger partial charge in [0.25, 0.3) is 10.0 Å². The van der Waals surface area contributed by atoms with Crippen molar-refractivity contribution in [3.63, 3.8) is 0 Å². The molecule has 0 saturated heterocycles. The van der Waals surface area contributed by atoms with Crippen LogP contribution in [0.25, 0.3) is 0 Å². The minimum absolute atomic E-state index is 0.0132. The Bertz CT molecular complexity index is 1670. The zero-order chi connectivity index (χ0) is 31.7. The minimum Gasteiger partial charge on any atom is -0.494 e. The first-order chi connectivity index (χ1) is 21.1. The molecular formula is C33H33Cl2N3O5S. The zero-order valence-electron chi connectivity index (χ0n) is 24.3. The van der Waals surface area contributed by atoms with E-state index < -0.39 is 34.4 Å². The van der Waals surface area contributed by atoms with Crippen molar-refractivity contribution in [3.05, 3.63) is 124 Å². The largest absolute Gasteiger partial charge is 0.494 e. The van der Waals surface area contributed by atoms with Crippen molar-refractivity contribution in [2.75, 3.05) is 24.5 Å². The van der Waals surface area contributed by atoms with Gasteiger partial charge in [-0.05, 0) is 66.6 Å². The Hall–Kier alpha value is -4.05. The number of hydrogen-bond acceptors (Lipinski definition) is 5. The van der Waals surface area contributed by atoms with Crippen LogP contribution in [0.15, 0.2) is 108 Å². The second-order valence-corrected chi connectivity index (χ2v) is 12.5. The number of benzene rings is 4. The lowest BCUT2D eigenvalue weighted by Gasteiger charge is -2.33. The number of anilines is 1. The maximum absolute atomic E-state index is 14.3. The first-order valence-electron chi connectivity index (χ1n) is 13.9. The molecule has 0 aliphatic heterocycles. The van der Waals surface area contributed by atoms with Crippen molar-refractivity contribution in [1.29, 1.82) is 0 Å². The fraction of sp³-hybridized carbons (Fsp3) is 0.212. The molecule has 0 heterocycles. The summed E-state index contributed by atoms with van der Waals surface area (Å²) in [6.07, 6.45) is 0.199. The SMILES string of the molecule is CCOc1ccc(S(=O)(=O)N(CC(=O)N(Cc2ccc(Cl)c(Cl)c2)[C@H](Cc2ccccc2)C(=O)NC)c2ccccc2)cc1. The molecule has 8 nitrogen and oxygen atoms in total. The van der Waals surface area contributed by atoms with Gasteiger partial charge < -0.3 is 15.0 Å². The Morgan fingerprint density at radius 2 is 1.48 bits per heavy atom. The quantitative estimate of drug-likeness (QED) is 0.192. The van der Waals surface area contributed by atoms with E-state index in [1.165, 1.54) is 24.1 Å². The lowest BCUT2D eigenvalue weighted by Crippen LogP contribution is -2.53. The van der Waals surface area contributed by atoms with Crippen molar-refractivity contribution in [1.82, 2.24) is 10.2 Å². The number of nitrogens with one attached hydrogen (secondary N) is 1. The van der Waals surface area contributed by atoms with E-state index in [1.54, 1.807) is 60.7 Å². The first-order valence-corrected chi connectivity index (χ1v) is 16.1. The van der Waals surface area contributed by atoms with E-state index in [1.807, 2.05) is 37.3 Å². The molecule has 0 aliphatic rings. The van der Waals surface area contributed by atoms with Gasteiger partial charge in [-0.25, -0.2) is 8.42 Å². The second-order valence-electron chi connectivity index (χ2n) is 9.84. The van der Waals surface area contributed by atoms with E-state index >= 15 is 0 Å². The molecule has 0 bridgehead atoms. The van der Waals surface area contributed by atoms with Crippen LogP contribution in [0.3, 0.4) is 0 Å². The van der Waals surface area contributed by atoms with Gasteiger partial charge in [-0.2, -0.15) is 0 Å². The number of nitrogens with zero attached hydrogens (tertiary/aromatic N) is 2. The van der Waals surface area contributed by atoms with Gasteiger partial charge in [-0.1, -0.05) is 77.8 Å². The molecule has 0 aliphatic carbocycles. The van der Waals surface area contributed by atoms with Crippen molar-refractivity contribution < 1.29 is 22.7 Å². The summed E-state index contributed by atoms with van der Waals surface area (Å²) in [6.45, 7) is 1.68. The van der Waals surface area contributed by atoms with Crippen molar-refractivity contribution in [2.45, 2.75) is 30.8 Å². The van der Waals surface area contributed by atoms with E-state index in [9.17, 15) is 18.0 Å². The molecule has 11 heteroatoms. The van der Waals surface area contributed by atoms with Crippen LogP contribution in [0, 0.1) is 0 Å². The fourth-order valence-corrected chi connectivity index (χ4v) is 6.41. The lowest BCUT2D eigenvalue weighted by molar-refractivity contribution is -0.139. The maximum atomic E-state index is 14.3. The normalized spacial score (nSPS) is 11.8. The van der Waals surface area contributed by atoms with Gasteiger partial charge >= 0.3 is 0 Å². The van der Waals surface area contributed by atoms with E-state index in [4.69, 9.17) is 27.9 Å². The molecule has 4 aromatic carbocycles. The summed E-state index contributed by atoms with van der Waals surface area (Å²) in [5, 5.41) is 3.30. The van der Waals surface area contributed by atoms with Gasteiger partial charge in [0.15, 0.2) is 0 Å². The monoisotopic (exact) mass is 653 g/mol. The topological polar surface area (TPSA) is 96.0 Å². The third-order valence-corrected chi connectivity index (χ3v) is 9.43. The van der Waals surface area contributed by atoms with Gasteiger partial charge in [-0.3, -0.25) is 13.9 Å². The Morgan fingerprint density at radius 1 is 0.841 bits per heavy atom. The van der Waals surface area contributed by atoms with Crippen LogP contribution < -0.4 is 14.4 Å². The number of halogens is 2. The van der Waals surface area contributed by atoms with Gasteiger partial charge in [0.05, 0.1) is 27.2 Å². The summed E-state index contributed by atoms with van der Waals surface area (Å²) < 4.78 is 34.6. The van der Waals surface area contributed by atoms with E-state index in [0.29, 0.717) is 33.7 Å². The van der Waals surface area contributed by atoms with Crippen LogP contribution in [0.5, 0.6) is 5.75 Å². The van der Waals surface area contributed by atoms with E-state index in [-0.39, 0.29) is 17.9 Å². The Morgan fingerprint density at radius 3 is 2.07 bits per heavy atom. The Labute approximate surface area is 268 Å². The molecule has 1 atom stereocenters. The summed E-state index contributed by atoms with van der Waals surface area (Å²) in [5.41, 5.74) is 1.74. The molecule has 0 fully saturated rings. The number of para-hydroxylation sites is 1. The van der Waals surface area contributed by atoms with Gasteiger partial charge in [0, 0.05) is 20.0 Å². The van der Waals surface area contributed by atoms with E-state index in [0.717, 1.165) is 9.87 Å². The van der Waals surface area contributed by atoms with Crippen LogP contribution in [0.4, 0.5) is 5.69 Å². The average molecular weight is 655 g/mol. The molecule has 0 radical (unpaired) electrons. The van der Waals surface area contributed by atoms with Crippen LogP contribution >= 0.6 is 23.2 Å². The number of carbonyl (C=O) groups is 2. The maximum Gasteiger partial charge on any atom is 0.264 e. The smallest absolute Gasteiger partial charge is 0.264 e. The zero-order valence-corrected chi connectivity index (χ0v) is 26.6. The third kappa shape index (κ3) is 8.11. The van der Waals surface area contributed by atoms with Crippen LogP contribution in [-0.2, 0) is 32.6 Å². The molecule has 0 aromatic heterocycles. The standard InChI is InChI=1S/C33H33Cl2N3O5S/c1-3-43-27-15-17-28(18-16-27)44(41,42)38(26-12-8-5-9-13-26)23-32(39)37(22-25-14-19-29(34)30(35)20-25)31(33(40)36-2)21-24-10-6-4-7-11-24/h4-20,31H,3,21-23H2,1-2H3,(H,36,40)/t31-/m1/s1. The molecule has 1 N–H and O–H groups in total. The molecule has 4 rings (SSSR count). The molecule has 2 amide bonds. The number of rotatable bonds is 13. The van der Waals surface area contributed by atoms with Crippen LogP contribution in [-0.4, -0.2) is 51.4 Å². The predicted molar refractivity (Wildman–Crippen MR) is 174 cm³/mol. The van der Waals surface area contributed by atoms with Crippen molar-refractivity contribution in [2.24, 2.45) is 0 Å². The molecule has 44 heavy (non-hydrogen) atoms. The third-order valence-electron chi connectivity index (χ3n) is 6.90. The highest BCUT2D eigenvalue weighted by molar-refractivity contribution is 7.92. The van der Waals surface area contributed by atoms with Gasteiger partial charge in [0.2, 0.25) is 11.8 Å². The summed E-state index contributed by atoms with van der Waals surface area (Å²) >= 11 is 12.4. The van der Waals surface area contributed by atoms with E-state index in [2.05, 4.69) is 5.32 Å². The summed E-state index contributed by atoms with van der Waals surface area (Å²) in [7, 11) is -2.72. The molecule has 0 spiro atoms. The highest BCUT2D eigenvalue weighted by atomic mass is 35.5. The number of sulfonamides is 1. The molecule has 230 valence electrons. The molecule has 4 aromatic rings. The second kappa shape index (κ2) is 15.1. The Kier molecular flexibility index (Phi) is 11.3. The number of hydrogen-bond donors (Lipinski definition) is 1. The average Bonchev–Trinajstić information content (AvgIpc) is 3.04. The fourth-order valence-electron chi connectivity index (χ4n) is 4.68. The Balaban J connectivity index is 1.76. The van der Waals surface area contributed by atoms with Crippen molar-refractivity contribution in [3.8, 4) is 5.75 Å². The number of ether oxygens (including phenoxy) is 1. The van der Waals surface area contributed by atoms with Crippen LogP contribution in [0.2, 0.25) is 10.0 Å². The summed E-state index contributed by atoms with van der Waals surface area (Å²) in [4.78, 5) is 29.0. The molecular weight excluding hydrogens is 621 g/mol. The van der Waals surface area contributed by atoms with Gasteiger partial charge in [0.1, 0.15) is 18.3 Å². The molecule has 0 unspecified atom stereocenters.